The van der Waals surface area contributed by atoms with Crippen LogP contribution in [0.3, 0.4) is 0 Å². The van der Waals surface area contributed by atoms with Gasteiger partial charge in [-0.05, 0) is 65.1 Å². The van der Waals surface area contributed by atoms with Gasteiger partial charge < -0.3 is 15.0 Å². The van der Waals surface area contributed by atoms with Crippen LogP contribution in [0.5, 0.6) is 5.75 Å². The fourth-order valence-electron chi connectivity index (χ4n) is 4.25. The van der Waals surface area contributed by atoms with Crippen LogP contribution in [-0.2, 0) is 24.8 Å². The number of hydrogen-bond donors (Lipinski definition) is 1. The summed E-state index contributed by atoms with van der Waals surface area (Å²) >= 11 is 6.32. The fraction of sp³-hybridized carbons (Fsp3) is 0.345. The first-order valence-electron chi connectivity index (χ1n) is 12.1. The van der Waals surface area contributed by atoms with E-state index in [0.717, 1.165) is 41.8 Å². The van der Waals surface area contributed by atoms with Gasteiger partial charge in [-0.3, -0.25) is 0 Å². The molecule has 0 aromatic heterocycles. The lowest BCUT2D eigenvalue weighted by molar-refractivity contribution is 0.150. The molecule has 3 aromatic rings. The Labute approximate surface area is 224 Å². The summed E-state index contributed by atoms with van der Waals surface area (Å²) in [6.07, 6.45) is 2.04. The van der Waals surface area contributed by atoms with Crippen LogP contribution in [0.15, 0.2) is 60.7 Å². The number of anilines is 1. The monoisotopic (exact) mass is 530 g/mol. The van der Waals surface area contributed by atoms with Crippen molar-refractivity contribution in [2.45, 2.75) is 52.0 Å². The second kappa shape index (κ2) is 12.0. The largest absolute Gasteiger partial charge is 0.415 e. The van der Waals surface area contributed by atoms with Gasteiger partial charge in [0.05, 0.1) is 5.69 Å². The Hall–Kier alpha value is -2.76. The molecule has 0 unspecified atom stereocenters. The van der Waals surface area contributed by atoms with Crippen LogP contribution in [0.1, 0.15) is 49.4 Å². The molecule has 0 saturated carbocycles. The summed E-state index contributed by atoms with van der Waals surface area (Å²) in [4.78, 5) is 15.1. The Morgan fingerprint density at radius 2 is 1.72 bits per heavy atom. The second-order valence-corrected chi connectivity index (χ2v) is 10.5. The number of carbonyl (C=O) groups excluding carboxylic acids is 1. The topological polar surface area (TPSA) is 41.6 Å². The lowest BCUT2D eigenvalue weighted by atomic mass is 9.87. The van der Waals surface area contributed by atoms with Gasteiger partial charge in [0.15, 0.2) is 5.75 Å². The van der Waals surface area contributed by atoms with Crippen LogP contribution in [0.25, 0.3) is 0 Å². The molecule has 4 rings (SSSR count). The number of amides is 1. The van der Waals surface area contributed by atoms with Crippen molar-refractivity contribution < 1.29 is 13.9 Å². The van der Waals surface area contributed by atoms with E-state index in [9.17, 15) is 9.18 Å². The molecule has 0 saturated heterocycles. The van der Waals surface area contributed by atoms with Gasteiger partial charge in [0, 0.05) is 30.7 Å². The summed E-state index contributed by atoms with van der Waals surface area (Å²) < 4.78 is 19.2. The predicted molar refractivity (Wildman–Crippen MR) is 147 cm³/mol. The molecule has 1 heterocycles. The molecular weight excluding hydrogens is 498 g/mol. The van der Waals surface area contributed by atoms with Crippen LogP contribution < -0.4 is 10.1 Å². The standard InChI is InChI=1S/C29H32ClFN2O2.ClH/c1-29(2,3)23-10-6-21(7-11-23)19-33(16-14-20-8-12-25(31)13-9-20)28(34)35-26-18-24(30)17-22-5-4-15-32-27(22)26;/h6-13,17-18,32H,4-5,14-16,19H2,1-3H3;1H. The number of aryl methyl sites for hydroxylation is 1. The lowest BCUT2D eigenvalue weighted by Gasteiger charge is -2.26. The molecule has 3 aromatic carbocycles. The molecule has 1 amide bonds. The number of nitrogens with zero attached hydrogens (tertiary/aromatic N) is 1. The van der Waals surface area contributed by atoms with E-state index < -0.39 is 6.09 Å². The van der Waals surface area contributed by atoms with Crippen molar-refractivity contribution in [1.29, 1.82) is 0 Å². The summed E-state index contributed by atoms with van der Waals surface area (Å²) in [5.74, 6) is 0.175. The van der Waals surface area contributed by atoms with Gasteiger partial charge in [-0.15, -0.1) is 12.4 Å². The number of fused-ring (bicyclic) bond motifs is 1. The maximum Gasteiger partial charge on any atom is 0.415 e. The maximum atomic E-state index is 13.4. The minimum Gasteiger partial charge on any atom is -0.408 e. The number of rotatable bonds is 6. The van der Waals surface area contributed by atoms with Gasteiger partial charge in [0.25, 0.3) is 0 Å². The minimum absolute atomic E-state index is 0. The van der Waals surface area contributed by atoms with E-state index in [0.29, 0.717) is 30.3 Å². The van der Waals surface area contributed by atoms with Crippen molar-refractivity contribution in [3.8, 4) is 5.75 Å². The Bertz CT molecular complexity index is 1180. The lowest BCUT2D eigenvalue weighted by Crippen LogP contribution is -2.35. The first-order chi connectivity index (χ1) is 16.7. The van der Waals surface area contributed by atoms with E-state index in [4.69, 9.17) is 16.3 Å². The Morgan fingerprint density at radius 1 is 1.06 bits per heavy atom. The number of carbonyl (C=O) groups is 1. The number of halogens is 3. The Balaban J connectivity index is 0.00000361. The molecule has 0 atom stereocenters. The first kappa shape index (κ1) is 27.8. The third-order valence-electron chi connectivity index (χ3n) is 6.31. The average Bonchev–Trinajstić information content (AvgIpc) is 2.82. The Kier molecular flexibility index (Phi) is 9.26. The summed E-state index contributed by atoms with van der Waals surface area (Å²) in [6, 6.07) is 18.3. The predicted octanol–water partition coefficient (Wildman–Crippen LogP) is 7.80. The molecule has 192 valence electrons. The fourth-order valence-corrected chi connectivity index (χ4v) is 4.48. The highest BCUT2D eigenvalue weighted by atomic mass is 35.5. The third kappa shape index (κ3) is 7.14. The highest BCUT2D eigenvalue weighted by Crippen LogP contribution is 2.36. The summed E-state index contributed by atoms with van der Waals surface area (Å²) in [7, 11) is 0. The maximum absolute atomic E-state index is 13.4. The SMILES string of the molecule is CC(C)(C)c1ccc(CN(CCc2ccc(F)cc2)C(=O)Oc2cc(Cl)cc3c2NCCC3)cc1.Cl. The number of nitrogens with one attached hydrogen (secondary N) is 1. The van der Waals surface area contributed by atoms with E-state index >= 15 is 0 Å². The molecule has 0 spiro atoms. The van der Waals surface area contributed by atoms with Crippen molar-refractivity contribution in [3.63, 3.8) is 0 Å². The zero-order valence-electron chi connectivity index (χ0n) is 20.9. The minimum atomic E-state index is -0.441. The second-order valence-electron chi connectivity index (χ2n) is 10.1. The van der Waals surface area contributed by atoms with Gasteiger partial charge >= 0.3 is 6.09 Å². The molecule has 0 bridgehead atoms. The zero-order valence-corrected chi connectivity index (χ0v) is 22.5. The first-order valence-corrected chi connectivity index (χ1v) is 12.4. The van der Waals surface area contributed by atoms with Crippen LogP contribution >= 0.6 is 24.0 Å². The smallest absolute Gasteiger partial charge is 0.408 e. The van der Waals surface area contributed by atoms with Gasteiger partial charge in [0.1, 0.15) is 5.82 Å². The molecule has 4 nitrogen and oxygen atoms in total. The Morgan fingerprint density at radius 3 is 2.39 bits per heavy atom. The van der Waals surface area contributed by atoms with Gasteiger partial charge in [-0.2, -0.15) is 0 Å². The van der Waals surface area contributed by atoms with E-state index in [1.807, 2.05) is 6.07 Å². The van der Waals surface area contributed by atoms with Crippen LogP contribution in [-0.4, -0.2) is 24.1 Å². The molecule has 1 aliphatic rings. The summed E-state index contributed by atoms with van der Waals surface area (Å²) in [6.45, 7) is 8.19. The van der Waals surface area contributed by atoms with Gasteiger partial charge in [-0.25, -0.2) is 9.18 Å². The van der Waals surface area contributed by atoms with Crippen molar-refractivity contribution in [3.05, 3.63) is 93.8 Å². The molecule has 1 aliphatic heterocycles. The molecule has 36 heavy (non-hydrogen) atoms. The highest BCUT2D eigenvalue weighted by Gasteiger charge is 2.22. The van der Waals surface area contributed by atoms with E-state index in [1.54, 1.807) is 23.1 Å². The van der Waals surface area contributed by atoms with Crippen molar-refractivity contribution in [2.24, 2.45) is 0 Å². The molecule has 0 aliphatic carbocycles. The molecule has 7 heteroatoms. The van der Waals surface area contributed by atoms with E-state index in [1.165, 1.54) is 17.7 Å². The third-order valence-corrected chi connectivity index (χ3v) is 6.52. The molecule has 0 radical (unpaired) electrons. The zero-order chi connectivity index (χ0) is 25.0. The summed E-state index contributed by atoms with van der Waals surface area (Å²) in [5.41, 5.74) is 5.15. The van der Waals surface area contributed by atoms with Crippen LogP contribution in [0.4, 0.5) is 14.9 Å². The van der Waals surface area contributed by atoms with Crippen molar-refractivity contribution in [1.82, 2.24) is 4.90 Å². The number of hydrogen-bond acceptors (Lipinski definition) is 3. The van der Waals surface area contributed by atoms with Crippen molar-refractivity contribution >= 4 is 35.8 Å². The normalized spacial score (nSPS) is 12.7. The molecule has 1 N–H and O–H groups in total. The number of ether oxygens (including phenoxy) is 1. The average molecular weight is 531 g/mol. The van der Waals surface area contributed by atoms with Gasteiger partial charge in [-0.1, -0.05) is 68.8 Å². The van der Waals surface area contributed by atoms with Crippen LogP contribution in [0.2, 0.25) is 5.02 Å². The highest BCUT2D eigenvalue weighted by molar-refractivity contribution is 6.31. The van der Waals surface area contributed by atoms with Crippen molar-refractivity contribution in [2.75, 3.05) is 18.4 Å². The van der Waals surface area contributed by atoms with E-state index in [2.05, 4.69) is 50.4 Å². The quantitative estimate of drug-likeness (QED) is 0.353. The molecular formula is C29H33Cl2FN2O2. The number of benzene rings is 3. The van der Waals surface area contributed by atoms with E-state index in [-0.39, 0.29) is 23.6 Å². The molecule has 0 fully saturated rings. The van der Waals surface area contributed by atoms with Crippen LogP contribution in [0, 0.1) is 5.82 Å². The van der Waals surface area contributed by atoms with Gasteiger partial charge in [0.2, 0.25) is 0 Å². The summed E-state index contributed by atoms with van der Waals surface area (Å²) in [5, 5.41) is 3.89.